The number of hydrogen-bond donors (Lipinski definition) is 2. The molecule has 0 aliphatic carbocycles. The van der Waals surface area contributed by atoms with Gasteiger partial charge in [-0.05, 0) is 30.9 Å². The molecule has 1 heterocycles. The van der Waals surface area contributed by atoms with Crippen molar-refractivity contribution in [2.24, 2.45) is 0 Å². The van der Waals surface area contributed by atoms with Crippen LogP contribution in [0, 0.1) is 0 Å². The molecule has 4 heteroatoms. The van der Waals surface area contributed by atoms with Gasteiger partial charge in [-0.2, -0.15) is 0 Å². The number of aliphatic hydroxyl groups is 1. The monoisotopic (exact) mass is 275 g/mol. The Balaban J connectivity index is 1.92. The van der Waals surface area contributed by atoms with Crippen molar-refractivity contribution in [1.29, 1.82) is 0 Å². The molecule has 1 aromatic carbocycles. The number of benzene rings is 1. The summed E-state index contributed by atoms with van der Waals surface area (Å²) >= 11 is 0. The molecule has 1 unspecified atom stereocenters. The van der Waals surface area contributed by atoms with Crippen molar-refractivity contribution in [2.75, 3.05) is 19.8 Å². The van der Waals surface area contributed by atoms with Gasteiger partial charge in [-0.3, -0.25) is 4.79 Å². The SMILES string of the molecule is O=C(NCC(CCO)c1ccccc1)C1=CCCCO1. The number of carbonyl (C=O) groups is 1. The smallest absolute Gasteiger partial charge is 0.286 e. The highest BCUT2D eigenvalue weighted by Gasteiger charge is 2.16. The zero-order valence-electron chi connectivity index (χ0n) is 11.5. The number of ether oxygens (including phenoxy) is 1. The number of amides is 1. The van der Waals surface area contributed by atoms with Crippen LogP contribution in [0.4, 0.5) is 0 Å². The zero-order chi connectivity index (χ0) is 14.2. The summed E-state index contributed by atoms with van der Waals surface area (Å²) in [5, 5.41) is 12.1. The topological polar surface area (TPSA) is 58.6 Å². The molecular weight excluding hydrogens is 254 g/mol. The third kappa shape index (κ3) is 4.10. The molecule has 0 radical (unpaired) electrons. The van der Waals surface area contributed by atoms with Gasteiger partial charge < -0.3 is 15.2 Å². The Morgan fingerprint density at radius 2 is 2.15 bits per heavy atom. The molecule has 0 aromatic heterocycles. The van der Waals surface area contributed by atoms with Gasteiger partial charge >= 0.3 is 0 Å². The van der Waals surface area contributed by atoms with Crippen LogP contribution in [0.3, 0.4) is 0 Å². The average molecular weight is 275 g/mol. The van der Waals surface area contributed by atoms with Gasteiger partial charge in [0.15, 0.2) is 5.76 Å². The standard InChI is InChI=1S/C16H21NO3/c18-10-9-14(13-6-2-1-3-7-13)12-17-16(19)15-8-4-5-11-20-15/h1-3,6-8,14,18H,4-5,9-12H2,(H,17,19). The van der Waals surface area contributed by atoms with Crippen LogP contribution in [0.25, 0.3) is 0 Å². The lowest BCUT2D eigenvalue weighted by Gasteiger charge is -2.19. The molecule has 0 spiro atoms. The van der Waals surface area contributed by atoms with Gasteiger partial charge in [0.2, 0.25) is 0 Å². The number of nitrogens with one attached hydrogen (secondary N) is 1. The first-order valence-electron chi connectivity index (χ1n) is 7.08. The molecule has 2 N–H and O–H groups in total. The number of carbonyl (C=O) groups excluding carboxylic acids is 1. The van der Waals surface area contributed by atoms with Gasteiger partial charge in [-0.1, -0.05) is 30.3 Å². The normalized spacial score (nSPS) is 15.9. The highest BCUT2D eigenvalue weighted by Crippen LogP contribution is 2.18. The second kappa shape index (κ2) is 7.70. The summed E-state index contributed by atoms with van der Waals surface area (Å²) in [4.78, 5) is 12.0. The Kier molecular flexibility index (Phi) is 5.62. The van der Waals surface area contributed by atoms with E-state index < -0.39 is 0 Å². The quantitative estimate of drug-likeness (QED) is 0.834. The first-order valence-corrected chi connectivity index (χ1v) is 7.08. The van der Waals surface area contributed by atoms with Gasteiger partial charge in [0, 0.05) is 19.1 Å². The van der Waals surface area contributed by atoms with E-state index in [1.54, 1.807) is 0 Å². The first kappa shape index (κ1) is 14.6. The van der Waals surface area contributed by atoms with Crippen molar-refractivity contribution >= 4 is 5.91 Å². The molecule has 0 bridgehead atoms. The Hall–Kier alpha value is -1.81. The lowest BCUT2D eigenvalue weighted by molar-refractivity contribution is -0.121. The van der Waals surface area contributed by atoms with Gasteiger partial charge in [0.25, 0.3) is 5.91 Å². The van der Waals surface area contributed by atoms with E-state index in [2.05, 4.69) is 5.32 Å². The van der Waals surface area contributed by atoms with Crippen LogP contribution in [0.5, 0.6) is 0 Å². The van der Waals surface area contributed by atoms with Crippen LogP contribution in [0.2, 0.25) is 0 Å². The minimum absolute atomic E-state index is 0.106. The maximum atomic E-state index is 12.0. The van der Waals surface area contributed by atoms with Crippen LogP contribution in [0.1, 0.15) is 30.7 Å². The summed E-state index contributed by atoms with van der Waals surface area (Å²) in [6.45, 7) is 1.22. The Morgan fingerprint density at radius 1 is 1.35 bits per heavy atom. The molecule has 0 saturated heterocycles. The summed E-state index contributed by atoms with van der Waals surface area (Å²) in [5.74, 6) is 0.380. The van der Waals surface area contributed by atoms with Gasteiger partial charge in [-0.15, -0.1) is 0 Å². The molecule has 1 atom stereocenters. The van der Waals surface area contributed by atoms with Crippen molar-refractivity contribution in [3.63, 3.8) is 0 Å². The van der Waals surface area contributed by atoms with E-state index in [0.717, 1.165) is 18.4 Å². The highest BCUT2D eigenvalue weighted by atomic mass is 16.5. The lowest BCUT2D eigenvalue weighted by atomic mass is 9.96. The Bertz CT molecular complexity index is 456. The van der Waals surface area contributed by atoms with E-state index in [9.17, 15) is 4.79 Å². The Morgan fingerprint density at radius 3 is 2.80 bits per heavy atom. The molecule has 0 fully saturated rings. The number of hydrogen-bond acceptors (Lipinski definition) is 3. The molecular formula is C16H21NO3. The fraction of sp³-hybridized carbons (Fsp3) is 0.438. The highest BCUT2D eigenvalue weighted by molar-refractivity contribution is 5.91. The second-order valence-corrected chi connectivity index (χ2v) is 4.89. The molecule has 0 saturated carbocycles. The predicted octanol–water partition coefficient (Wildman–Crippen LogP) is 1.96. The van der Waals surface area contributed by atoms with Crippen molar-refractivity contribution in [3.05, 3.63) is 47.7 Å². The van der Waals surface area contributed by atoms with Crippen LogP contribution in [0.15, 0.2) is 42.2 Å². The van der Waals surface area contributed by atoms with Crippen LogP contribution in [-0.2, 0) is 9.53 Å². The summed E-state index contributed by atoms with van der Waals surface area (Å²) < 4.78 is 5.34. The largest absolute Gasteiger partial charge is 0.488 e. The van der Waals surface area contributed by atoms with E-state index >= 15 is 0 Å². The van der Waals surface area contributed by atoms with Crippen molar-refractivity contribution in [3.8, 4) is 0 Å². The average Bonchev–Trinajstić information content (AvgIpc) is 2.53. The van der Waals surface area contributed by atoms with Crippen LogP contribution in [-0.4, -0.2) is 30.8 Å². The fourth-order valence-electron chi connectivity index (χ4n) is 2.29. The molecule has 1 amide bonds. The molecule has 1 aliphatic rings. The molecule has 2 rings (SSSR count). The minimum Gasteiger partial charge on any atom is -0.488 e. The second-order valence-electron chi connectivity index (χ2n) is 4.89. The predicted molar refractivity (Wildman–Crippen MR) is 77.2 cm³/mol. The van der Waals surface area contributed by atoms with Crippen LogP contribution >= 0.6 is 0 Å². The van der Waals surface area contributed by atoms with Crippen molar-refractivity contribution in [2.45, 2.75) is 25.2 Å². The summed E-state index contributed by atoms with van der Waals surface area (Å²) in [5.41, 5.74) is 1.13. The van der Waals surface area contributed by atoms with Gasteiger partial charge in [-0.25, -0.2) is 0 Å². The minimum atomic E-state index is -0.163. The van der Waals surface area contributed by atoms with Crippen LogP contribution < -0.4 is 5.32 Å². The molecule has 108 valence electrons. The maximum absolute atomic E-state index is 12.0. The van der Waals surface area contributed by atoms with E-state index in [1.165, 1.54) is 0 Å². The first-order chi connectivity index (χ1) is 9.81. The molecule has 4 nitrogen and oxygen atoms in total. The van der Waals surface area contributed by atoms with E-state index in [1.807, 2.05) is 36.4 Å². The van der Waals surface area contributed by atoms with E-state index in [0.29, 0.717) is 25.3 Å². The third-order valence-electron chi connectivity index (χ3n) is 3.42. The number of allylic oxidation sites excluding steroid dienone is 1. The summed E-state index contributed by atoms with van der Waals surface area (Å²) in [6, 6.07) is 9.92. The van der Waals surface area contributed by atoms with Crippen molar-refractivity contribution < 1.29 is 14.6 Å². The Labute approximate surface area is 119 Å². The fourth-order valence-corrected chi connectivity index (χ4v) is 2.29. The number of rotatable bonds is 6. The summed E-state index contributed by atoms with van der Waals surface area (Å²) in [7, 11) is 0. The van der Waals surface area contributed by atoms with E-state index in [-0.39, 0.29) is 18.4 Å². The number of aliphatic hydroxyl groups excluding tert-OH is 1. The maximum Gasteiger partial charge on any atom is 0.286 e. The zero-order valence-corrected chi connectivity index (χ0v) is 11.5. The summed E-state index contributed by atoms with van der Waals surface area (Å²) in [6.07, 6.45) is 4.32. The third-order valence-corrected chi connectivity index (χ3v) is 3.42. The molecule has 20 heavy (non-hydrogen) atoms. The molecule has 1 aliphatic heterocycles. The van der Waals surface area contributed by atoms with Gasteiger partial charge in [0.1, 0.15) is 0 Å². The van der Waals surface area contributed by atoms with Gasteiger partial charge in [0.05, 0.1) is 6.61 Å². The lowest BCUT2D eigenvalue weighted by Crippen LogP contribution is -2.31. The van der Waals surface area contributed by atoms with E-state index in [4.69, 9.17) is 9.84 Å². The van der Waals surface area contributed by atoms with Crippen molar-refractivity contribution in [1.82, 2.24) is 5.32 Å². The molecule has 1 aromatic rings.